The smallest absolute Gasteiger partial charge is 0.245 e. The molecule has 6 nitrogen and oxygen atoms in total. The first-order chi connectivity index (χ1) is 11.1. The molecule has 1 aliphatic heterocycles. The quantitative estimate of drug-likeness (QED) is 0.796. The van der Waals surface area contributed by atoms with Crippen LogP contribution in [-0.4, -0.2) is 59.4 Å². The zero-order chi connectivity index (χ0) is 16.7. The molecule has 1 atom stereocenters. The SMILES string of the molecule is COCCN(Cc1cccnc1)C(=O)[C@@H]1CCCCN1C(C)=O. The number of methoxy groups -OCH3 is 1. The van der Waals surface area contributed by atoms with Gasteiger partial charge in [-0.1, -0.05) is 6.07 Å². The van der Waals surface area contributed by atoms with Crippen LogP contribution >= 0.6 is 0 Å². The van der Waals surface area contributed by atoms with Crippen molar-refractivity contribution in [2.24, 2.45) is 0 Å². The number of carbonyl (C=O) groups is 2. The predicted molar refractivity (Wildman–Crippen MR) is 86.6 cm³/mol. The molecule has 0 N–H and O–H groups in total. The third kappa shape index (κ3) is 4.76. The first-order valence-electron chi connectivity index (χ1n) is 8.07. The fourth-order valence-corrected chi connectivity index (χ4v) is 2.96. The molecular formula is C17H25N3O3. The summed E-state index contributed by atoms with van der Waals surface area (Å²) in [5.74, 6) is -0.0306. The number of likely N-dealkylation sites (tertiary alicyclic amines) is 1. The van der Waals surface area contributed by atoms with Gasteiger partial charge in [-0.15, -0.1) is 0 Å². The minimum absolute atomic E-state index is 0.000744. The van der Waals surface area contributed by atoms with Crippen LogP contribution in [0.15, 0.2) is 24.5 Å². The molecule has 0 spiro atoms. The van der Waals surface area contributed by atoms with Gasteiger partial charge in [-0.05, 0) is 30.9 Å². The second-order valence-corrected chi connectivity index (χ2v) is 5.84. The van der Waals surface area contributed by atoms with Gasteiger partial charge in [0.25, 0.3) is 0 Å². The van der Waals surface area contributed by atoms with Gasteiger partial charge in [-0.2, -0.15) is 0 Å². The van der Waals surface area contributed by atoms with E-state index in [-0.39, 0.29) is 17.9 Å². The fourth-order valence-electron chi connectivity index (χ4n) is 2.96. The van der Waals surface area contributed by atoms with Crippen molar-refractivity contribution in [1.29, 1.82) is 0 Å². The Morgan fingerprint density at radius 2 is 2.26 bits per heavy atom. The molecule has 2 heterocycles. The van der Waals surface area contributed by atoms with E-state index in [0.29, 0.717) is 26.2 Å². The molecule has 6 heteroatoms. The van der Waals surface area contributed by atoms with E-state index >= 15 is 0 Å². The highest BCUT2D eigenvalue weighted by atomic mass is 16.5. The van der Waals surface area contributed by atoms with Gasteiger partial charge >= 0.3 is 0 Å². The standard InChI is InChI=1S/C17H25N3O3/c1-14(21)20-9-4-3-7-16(20)17(22)19(10-11-23-2)13-15-6-5-8-18-12-15/h5-6,8,12,16H,3-4,7,9-11,13H2,1-2H3/t16-/m0/s1. The number of pyridine rings is 1. The van der Waals surface area contributed by atoms with Crippen LogP contribution < -0.4 is 0 Å². The van der Waals surface area contributed by atoms with E-state index in [1.165, 1.54) is 6.92 Å². The van der Waals surface area contributed by atoms with E-state index < -0.39 is 0 Å². The summed E-state index contributed by atoms with van der Waals surface area (Å²) in [6.45, 7) is 3.66. The lowest BCUT2D eigenvalue weighted by atomic mass is 10.0. The predicted octanol–water partition coefficient (Wildman–Crippen LogP) is 1.46. The molecule has 1 fully saturated rings. The maximum absolute atomic E-state index is 13.0. The molecule has 0 aliphatic carbocycles. The summed E-state index contributed by atoms with van der Waals surface area (Å²) in [4.78, 5) is 32.4. The zero-order valence-corrected chi connectivity index (χ0v) is 13.9. The molecule has 0 radical (unpaired) electrons. The zero-order valence-electron chi connectivity index (χ0n) is 13.9. The van der Waals surface area contributed by atoms with Crippen LogP contribution in [0.4, 0.5) is 0 Å². The van der Waals surface area contributed by atoms with Crippen molar-refractivity contribution in [3.63, 3.8) is 0 Å². The Kier molecular flexibility index (Phi) is 6.52. The second kappa shape index (κ2) is 8.62. The number of amides is 2. The molecule has 2 rings (SSSR count). The lowest BCUT2D eigenvalue weighted by molar-refractivity contribution is -0.147. The van der Waals surface area contributed by atoms with E-state index in [2.05, 4.69) is 4.98 Å². The van der Waals surface area contributed by atoms with Crippen molar-refractivity contribution in [2.75, 3.05) is 26.8 Å². The van der Waals surface area contributed by atoms with Gasteiger partial charge < -0.3 is 14.5 Å². The summed E-state index contributed by atoms with van der Waals surface area (Å²) in [5.41, 5.74) is 0.974. The fraction of sp³-hybridized carbons (Fsp3) is 0.588. The molecule has 0 unspecified atom stereocenters. The average molecular weight is 319 g/mol. The molecule has 1 aromatic rings. The first kappa shape index (κ1) is 17.4. The highest BCUT2D eigenvalue weighted by Gasteiger charge is 2.33. The maximum atomic E-state index is 13.0. The molecule has 1 aliphatic rings. The topological polar surface area (TPSA) is 62.7 Å². The highest BCUT2D eigenvalue weighted by Crippen LogP contribution is 2.20. The van der Waals surface area contributed by atoms with Crippen molar-refractivity contribution in [1.82, 2.24) is 14.8 Å². The van der Waals surface area contributed by atoms with Crippen molar-refractivity contribution < 1.29 is 14.3 Å². The van der Waals surface area contributed by atoms with Crippen LogP contribution in [-0.2, 0) is 20.9 Å². The van der Waals surface area contributed by atoms with E-state index in [0.717, 1.165) is 24.8 Å². The normalized spacial score (nSPS) is 17.8. The Balaban J connectivity index is 2.12. The number of hydrogen-bond donors (Lipinski definition) is 0. The summed E-state index contributed by atoms with van der Waals surface area (Å²) < 4.78 is 5.13. The molecule has 0 saturated carbocycles. The van der Waals surface area contributed by atoms with Crippen LogP contribution in [0, 0.1) is 0 Å². The third-order valence-corrected chi connectivity index (χ3v) is 4.17. The number of piperidine rings is 1. The van der Waals surface area contributed by atoms with Crippen molar-refractivity contribution in [2.45, 2.75) is 38.8 Å². The van der Waals surface area contributed by atoms with Gasteiger partial charge in [-0.3, -0.25) is 14.6 Å². The van der Waals surface area contributed by atoms with Crippen molar-refractivity contribution in [3.8, 4) is 0 Å². The molecule has 23 heavy (non-hydrogen) atoms. The summed E-state index contributed by atoms with van der Waals surface area (Å²) in [7, 11) is 1.62. The lowest BCUT2D eigenvalue weighted by Gasteiger charge is -2.37. The first-order valence-corrected chi connectivity index (χ1v) is 8.07. The number of nitrogens with zero attached hydrogens (tertiary/aromatic N) is 3. The Bertz CT molecular complexity index is 521. The van der Waals surface area contributed by atoms with Gasteiger partial charge in [-0.25, -0.2) is 0 Å². The van der Waals surface area contributed by atoms with E-state index in [9.17, 15) is 9.59 Å². The van der Waals surface area contributed by atoms with Crippen LogP contribution in [0.2, 0.25) is 0 Å². The van der Waals surface area contributed by atoms with Gasteiger partial charge in [0.1, 0.15) is 6.04 Å². The summed E-state index contributed by atoms with van der Waals surface area (Å²) in [6, 6.07) is 3.45. The average Bonchev–Trinajstić information content (AvgIpc) is 2.58. The summed E-state index contributed by atoms with van der Waals surface area (Å²) in [5, 5.41) is 0. The Morgan fingerprint density at radius 1 is 1.43 bits per heavy atom. The Morgan fingerprint density at radius 3 is 2.91 bits per heavy atom. The van der Waals surface area contributed by atoms with Crippen molar-refractivity contribution in [3.05, 3.63) is 30.1 Å². The number of rotatable bonds is 6. The second-order valence-electron chi connectivity index (χ2n) is 5.84. The molecule has 0 aromatic carbocycles. The molecule has 2 amide bonds. The van der Waals surface area contributed by atoms with Crippen LogP contribution in [0.1, 0.15) is 31.7 Å². The largest absolute Gasteiger partial charge is 0.383 e. The highest BCUT2D eigenvalue weighted by molar-refractivity contribution is 5.87. The van der Waals surface area contributed by atoms with E-state index in [1.54, 1.807) is 29.3 Å². The Hall–Kier alpha value is -1.95. The summed E-state index contributed by atoms with van der Waals surface area (Å²) >= 11 is 0. The van der Waals surface area contributed by atoms with Gasteiger partial charge in [0.15, 0.2) is 0 Å². The lowest BCUT2D eigenvalue weighted by Crippen LogP contribution is -2.52. The number of ether oxygens (including phenoxy) is 1. The number of hydrogen-bond acceptors (Lipinski definition) is 4. The molecule has 126 valence electrons. The molecule has 1 saturated heterocycles. The number of aromatic nitrogens is 1. The number of carbonyl (C=O) groups excluding carboxylic acids is 2. The molecule has 0 bridgehead atoms. The minimum atomic E-state index is -0.352. The monoisotopic (exact) mass is 319 g/mol. The van der Waals surface area contributed by atoms with Gasteiger partial charge in [0, 0.05) is 46.1 Å². The third-order valence-electron chi connectivity index (χ3n) is 4.17. The molecular weight excluding hydrogens is 294 g/mol. The minimum Gasteiger partial charge on any atom is -0.383 e. The van der Waals surface area contributed by atoms with E-state index in [1.807, 2.05) is 12.1 Å². The molecule has 1 aromatic heterocycles. The van der Waals surface area contributed by atoms with Gasteiger partial charge in [0.2, 0.25) is 11.8 Å². The maximum Gasteiger partial charge on any atom is 0.245 e. The Labute approximate surface area is 137 Å². The van der Waals surface area contributed by atoms with Crippen LogP contribution in [0.5, 0.6) is 0 Å². The van der Waals surface area contributed by atoms with Crippen LogP contribution in [0.25, 0.3) is 0 Å². The van der Waals surface area contributed by atoms with Crippen molar-refractivity contribution >= 4 is 11.8 Å². The van der Waals surface area contributed by atoms with Crippen LogP contribution in [0.3, 0.4) is 0 Å². The van der Waals surface area contributed by atoms with Gasteiger partial charge in [0.05, 0.1) is 6.61 Å². The summed E-state index contributed by atoms with van der Waals surface area (Å²) in [6.07, 6.45) is 6.14. The van der Waals surface area contributed by atoms with E-state index in [4.69, 9.17) is 4.74 Å².